The minimum Gasteiger partial charge on any atom is -0.335 e. The molecule has 8 nitrogen and oxygen atoms in total. The predicted molar refractivity (Wildman–Crippen MR) is 92.5 cm³/mol. The molecule has 0 N–H and O–H groups in total. The third kappa shape index (κ3) is 3.64. The molecule has 0 bridgehead atoms. The molecule has 0 radical (unpaired) electrons. The van der Waals surface area contributed by atoms with Crippen molar-refractivity contribution < 1.29 is 9.72 Å². The second kappa shape index (κ2) is 7.20. The number of carbonyl (C=O) groups excluding carboxylic acids is 1. The summed E-state index contributed by atoms with van der Waals surface area (Å²) in [6.45, 7) is 3.09. The van der Waals surface area contributed by atoms with Crippen molar-refractivity contribution in [2.75, 3.05) is 26.2 Å². The van der Waals surface area contributed by atoms with Gasteiger partial charge >= 0.3 is 5.69 Å². The van der Waals surface area contributed by atoms with Gasteiger partial charge in [-0.15, -0.1) is 0 Å². The van der Waals surface area contributed by atoms with Gasteiger partial charge in [-0.25, -0.2) is 0 Å². The number of nitrogens with zero attached hydrogens (tertiary/aromatic N) is 5. The van der Waals surface area contributed by atoms with Gasteiger partial charge in [-0.3, -0.25) is 24.5 Å². The Hall–Kier alpha value is -2.45. The number of hydrogen-bond acceptors (Lipinski definition) is 5. The van der Waals surface area contributed by atoms with Crippen LogP contribution in [0, 0.1) is 10.1 Å². The zero-order chi connectivity index (χ0) is 18.0. The largest absolute Gasteiger partial charge is 0.335 e. The van der Waals surface area contributed by atoms with Gasteiger partial charge in [0.05, 0.1) is 4.92 Å². The highest BCUT2D eigenvalue weighted by Crippen LogP contribution is 2.21. The Morgan fingerprint density at radius 1 is 1.28 bits per heavy atom. The van der Waals surface area contributed by atoms with Gasteiger partial charge < -0.3 is 4.90 Å². The molecule has 132 valence electrons. The molecular weight excluding hydrogens is 346 g/mol. The number of amides is 1. The lowest BCUT2D eigenvalue weighted by atomic mass is 10.2. The summed E-state index contributed by atoms with van der Waals surface area (Å²) in [6, 6.07) is 7.68. The van der Waals surface area contributed by atoms with E-state index in [1.54, 1.807) is 4.90 Å². The van der Waals surface area contributed by atoms with E-state index in [0.29, 0.717) is 32.7 Å². The SMILES string of the molecule is Cn1ncc([N+](=O)[O-])c1C(=O)N1CCN(Cc2ccccc2Cl)CC1. The molecule has 1 aromatic heterocycles. The molecule has 2 heterocycles. The first kappa shape index (κ1) is 17.4. The number of carbonyl (C=O) groups is 1. The Bertz CT molecular complexity index is 799. The molecular formula is C16H18ClN5O3. The fourth-order valence-electron chi connectivity index (χ4n) is 2.93. The highest BCUT2D eigenvalue weighted by atomic mass is 35.5. The molecule has 0 saturated carbocycles. The van der Waals surface area contributed by atoms with Crippen LogP contribution in [-0.4, -0.2) is 56.6 Å². The first-order chi connectivity index (χ1) is 12.0. The molecule has 0 atom stereocenters. The number of aryl methyl sites for hydroxylation is 1. The van der Waals surface area contributed by atoms with Crippen LogP contribution in [0.2, 0.25) is 5.02 Å². The fraction of sp³-hybridized carbons (Fsp3) is 0.375. The van der Waals surface area contributed by atoms with E-state index in [-0.39, 0.29) is 17.3 Å². The van der Waals surface area contributed by atoms with E-state index >= 15 is 0 Å². The standard InChI is InChI=1S/C16H18ClN5O3/c1-19-15(14(10-18-19)22(24)25)16(23)21-8-6-20(7-9-21)11-12-4-2-3-5-13(12)17/h2-5,10H,6-9,11H2,1H3. The maximum absolute atomic E-state index is 12.6. The summed E-state index contributed by atoms with van der Waals surface area (Å²) in [5.74, 6) is -0.357. The summed E-state index contributed by atoms with van der Waals surface area (Å²) >= 11 is 6.19. The summed E-state index contributed by atoms with van der Waals surface area (Å²) in [7, 11) is 1.54. The molecule has 1 saturated heterocycles. The Morgan fingerprint density at radius 3 is 2.60 bits per heavy atom. The second-order valence-corrected chi connectivity index (χ2v) is 6.33. The molecule has 0 spiro atoms. The molecule has 0 unspecified atom stereocenters. The van der Waals surface area contributed by atoms with E-state index < -0.39 is 4.92 Å². The van der Waals surface area contributed by atoms with Crippen molar-refractivity contribution >= 4 is 23.2 Å². The monoisotopic (exact) mass is 363 g/mol. The minimum absolute atomic E-state index is 0.0181. The lowest BCUT2D eigenvalue weighted by Crippen LogP contribution is -2.48. The lowest BCUT2D eigenvalue weighted by Gasteiger charge is -2.34. The van der Waals surface area contributed by atoms with Crippen LogP contribution in [0.1, 0.15) is 16.1 Å². The number of hydrogen-bond donors (Lipinski definition) is 0. The second-order valence-electron chi connectivity index (χ2n) is 5.92. The van der Waals surface area contributed by atoms with E-state index in [1.165, 1.54) is 11.7 Å². The minimum atomic E-state index is -0.576. The zero-order valence-corrected chi connectivity index (χ0v) is 14.5. The third-order valence-electron chi connectivity index (χ3n) is 4.33. The molecule has 2 aromatic rings. The van der Waals surface area contributed by atoms with Crippen molar-refractivity contribution in [3.05, 3.63) is 56.9 Å². The number of piperazine rings is 1. The predicted octanol–water partition coefficient (Wildman–Crippen LogP) is 1.94. The van der Waals surface area contributed by atoms with Gasteiger partial charge in [0.15, 0.2) is 0 Å². The molecule has 1 aromatic carbocycles. The fourth-order valence-corrected chi connectivity index (χ4v) is 3.13. The number of halogens is 1. The molecule has 1 amide bonds. The zero-order valence-electron chi connectivity index (χ0n) is 13.8. The average Bonchev–Trinajstić information content (AvgIpc) is 2.99. The van der Waals surface area contributed by atoms with E-state index in [0.717, 1.165) is 16.8 Å². The van der Waals surface area contributed by atoms with Crippen molar-refractivity contribution in [1.82, 2.24) is 19.6 Å². The van der Waals surface area contributed by atoms with E-state index in [4.69, 9.17) is 11.6 Å². The van der Waals surface area contributed by atoms with Gasteiger partial charge in [0.25, 0.3) is 5.91 Å². The van der Waals surface area contributed by atoms with Crippen molar-refractivity contribution in [1.29, 1.82) is 0 Å². The number of aromatic nitrogens is 2. The van der Waals surface area contributed by atoms with Crippen LogP contribution in [0.3, 0.4) is 0 Å². The van der Waals surface area contributed by atoms with E-state index in [2.05, 4.69) is 10.00 Å². The van der Waals surface area contributed by atoms with Crippen LogP contribution >= 0.6 is 11.6 Å². The number of nitro groups is 1. The van der Waals surface area contributed by atoms with Gasteiger partial charge in [-0.05, 0) is 11.6 Å². The Balaban J connectivity index is 1.65. The average molecular weight is 364 g/mol. The van der Waals surface area contributed by atoms with Crippen LogP contribution in [-0.2, 0) is 13.6 Å². The van der Waals surface area contributed by atoms with Gasteiger partial charge in [-0.2, -0.15) is 5.10 Å². The van der Waals surface area contributed by atoms with Crippen LogP contribution < -0.4 is 0 Å². The van der Waals surface area contributed by atoms with Crippen molar-refractivity contribution in [2.24, 2.45) is 7.05 Å². The summed E-state index contributed by atoms with van der Waals surface area (Å²) < 4.78 is 1.26. The topological polar surface area (TPSA) is 84.5 Å². The number of rotatable bonds is 4. The van der Waals surface area contributed by atoms with Crippen LogP contribution in [0.4, 0.5) is 5.69 Å². The third-order valence-corrected chi connectivity index (χ3v) is 4.70. The van der Waals surface area contributed by atoms with E-state index in [9.17, 15) is 14.9 Å². The highest BCUT2D eigenvalue weighted by Gasteiger charge is 2.31. The highest BCUT2D eigenvalue weighted by molar-refractivity contribution is 6.31. The Morgan fingerprint density at radius 2 is 1.96 bits per heavy atom. The molecule has 1 aliphatic heterocycles. The Kier molecular flexibility index (Phi) is 5.00. The summed E-state index contributed by atoms with van der Waals surface area (Å²) in [6.07, 6.45) is 1.11. The van der Waals surface area contributed by atoms with Gasteiger partial charge in [-0.1, -0.05) is 29.8 Å². The summed E-state index contributed by atoms with van der Waals surface area (Å²) in [4.78, 5) is 27.0. The van der Waals surface area contributed by atoms with Gasteiger partial charge in [0, 0.05) is 44.8 Å². The molecule has 1 aliphatic rings. The maximum Gasteiger partial charge on any atom is 0.320 e. The maximum atomic E-state index is 12.6. The van der Waals surface area contributed by atoms with E-state index in [1.807, 2.05) is 24.3 Å². The quantitative estimate of drug-likeness (QED) is 0.612. The molecule has 25 heavy (non-hydrogen) atoms. The lowest BCUT2D eigenvalue weighted by molar-refractivity contribution is -0.385. The van der Waals surface area contributed by atoms with Gasteiger partial charge in [0.1, 0.15) is 6.20 Å². The molecule has 3 rings (SSSR count). The summed E-state index contributed by atoms with van der Waals surface area (Å²) in [5, 5.41) is 15.6. The number of benzene rings is 1. The van der Waals surface area contributed by atoms with Crippen LogP contribution in [0.5, 0.6) is 0 Å². The van der Waals surface area contributed by atoms with Gasteiger partial charge in [0.2, 0.25) is 5.69 Å². The first-order valence-corrected chi connectivity index (χ1v) is 8.26. The molecule has 0 aliphatic carbocycles. The smallest absolute Gasteiger partial charge is 0.320 e. The Labute approximate surface area is 149 Å². The van der Waals surface area contributed by atoms with Crippen LogP contribution in [0.15, 0.2) is 30.5 Å². The molecule has 9 heteroatoms. The summed E-state index contributed by atoms with van der Waals surface area (Å²) in [5.41, 5.74) is 0.807. The normalized spacial score (nSPS) is 15.4. The molecule has 1 fully saturated rings. The van der Waals surface area contributed by atoms with Crippen molar-refractivity contribution in [3.8, 4) is 0 Å². The first-order valence-electron chi connectivity index (χ1n) is 7.89. The van der Waals surface area contributed by atoms with Crippen molar-refractivity contribution in [2.45, 2.75) is 6.54 Å². The van der Waals surface area contributed by atoms with Crippen LogP contribution in [0.25, 0.3) is 0 Å². The van der Waals surface area contributed by atoms with Crippen molar-refractivity contribution in [3.63, 3.8) is 0 Å².